The predicted molar refractivity (Wildman–Crippen MR) is 129 cm³/mol. The van der Waals surface area contributed by atoms with Gasteiger partial charge in [0.2, 0.25) is 5.13 Å². The molecule has 4 aromatic rings. The highest BCUT2D eigenvalue weighted by atomic mass is 32.2. The molecule has 0 aliphatic carbocycles. The number of anilines is 1. The van der Waals surface area contributed by atoms with Crippen molar-refractivity contribution in [3.8, 4) is 5.75 Å². The molecule has 9 nitrogen and oxygen atoms in total. The molecule has 0 unspecified atom stereocenters. The Bertz CT molecular complexity index is 1580. The van der Waals surface area contributed by atoms with Crippen LogP contribution in [0.4, 0.5) is 18.3 Å². The van der Waals surface area contributed by atoms with Crippen LogP contribution in [0, 0.1) is 0 Å². The van der Waals surface area contributed by atoms with E-state index in [2.05, 4.69) is 19.9 Å². The molecule has 0 atom stereocenters. The number of rotatable bonds is 6. The number of aromatic nitrogens is 3. The van der Waals surface area contributed by atoms with Gasteiger partial charge in [-0.3, -0.25) is 14.5 Å². The molecule has 192 valence electrons. The van der Waals surface area contributed by atoms with Crippen LogP contribution in [0.15, 0.2) is 59.1 Å². The maximum Gasteiger partial charge on any atom is 0.418 e. The number of alkyl halides is 3. The van der Waals surface area contributed by atoms with Crippen molar-refractivity contribution < 1.29 is 31.1 Å². The maximum atomic E-state index is 13.3. The highest BCUT2D eigenvalue weighted by Crippen LogP contribution is 2.36. The van der Waals surface area contributed by atoms with Crippen molar-refractivity contribution in [3.63, 3.8) is 0 Å². The zero-order chi connectivity index (χ0) is 26.2. The zero-order valence-corrected chi connectivity index (χ0v) is 20.5. The number of pyridine rings is 1. The summed E-state index contributed by atoms with van der Waals surface area (Å²) in [6.07, 6.45) is -2.87. The minimum Gasteiger partial charge on any atom is -0.483 e. The molecular formula is C23H18F3N5O4S2. The number of carbonyl (C=O) groups is 1. The van der Waals surface area contributed by atoms with E-state index in [-0.39, 0.29) is 39.1 Å². The highest BCUT2D eigenvalue weighted by molar-refractivity contribution is 7.93. The van der Waals surface area contributed by atoms with E-state index in [1.165, 1.54) is 46.9 Å². The first-order valence-corrected chi connectivity index (χ1v) is 13.2. The van der Waals surface area contributed by atoms with Crippen LogP contribution in [-0.4, -0.2) is 47.6 Å². The number of hydrogen-bond acceptors (Lipinski definition) is 8. The van der Waals surface area contributed by atoms with Crippen molar-refractivity contribution in [2.75, 3.05) is 17.9 Å². The van der Waals surface area contributed by atoms with Gasteiger partial charge in [0.25, 0.3) is 15.9 Å². The van der Waals surface area contributed by atoms with Gasteiger partial charge in [-0.05, 0) is 47.9 Å². The fourth-order valence-electron chi connectivity index (χ4n) is 4.04. The number of fused-ring (bicyclic) bond motifs is 2. The highest BCUT2D eigenvalue weighted by Gasteiger charge is 2.33. The van der Waals surface area contributed by atoms with Crippen molar-refractivity contribution >= 4 is 43.3 Å². The Kier molecular flexibility index (Phi) is 6.45. The summed E-state index contributed by atoms with van der Waals surface area (Å²) in [6.45, 7) is 0.149. The van der Waals surface area contributed by atoms with Crippen LogP contribution in [-0.2, 0) is 34.0 Å². The van der Waals surface area contributed by atoms with Crippen LogP contribution >= 0.6 is 11.3 Å². The van der Waals surface area contributed by atoms with Gasteiger partial charge < -0.3 is 9.64 Å². The van der Waals surface area contributed by atoms with E-state index in [9.17, 15) is 26.4 Å². The van der Waals surface area contributed by atoms with Gasteiger partial charge >= 0.3 is 6.18 Å². The number of carbonyl (C=O) groups excluding carboxylic acids is 1. The Hall–Kier alpha value is -3.78. The minimum absolute atomic E-state index is 0.0238. The summed E-state index contributed by atoms with van der Waals surface area (Å²) >= 11 is 1.04. The Morgan fingerprint density at radius 3 is 2.76 bits per heavy atom. The normalized spacial score (nSPS) is 13.9. The summed E-state index contributed by atoms with van der Waals surface area (Å²) in [5.74, 6) is -0.277. The molecular weight excluding hydrogens is 531 g/mol. The first kappa shape index (κ1) is 24.9. The lowest BCUT2D eigenvalue weighted by molar-refractivity contribution is -0.136. The summed E-state index contributed by atoms with van der Waals surface area (Å²) < 4.78 is 73.4. The Balaban J connectivity index is 1.30. The second-order valence-corrected chi connectivity index (χ2v) is 10.7. The Morgan fingerprint density at radius 2 is 2.00 bits per heavy atom. The average Bonchev–Trinajstić information content (AvgIpc) is 3.38. The predicted octanol–water partition coefficient (Wildman–Crippen LogP) is 3.87. The van der Waals surface area contributed by atoms with E-state index < -0.39 is 28.4 Å². The largest absolute Gasteiger partial charge is 0.483 e. The van der Waals surface area contributed by atoms with Gasteiger partial charge in [0, 0.05) is 24.7 Å². The van der Waals surface area contributed by atoms with E-state index in [1.807, 2.05) is 0 Å². The molecule has 3 heterocycles. The number of benzene rings is 2. The monoisotopic (exact) mass is 549 g/mol. The number of ether oxygens (including phenoxy) is 1. The van der Waals surface area contributed by atoms with Gasteiger partial charge in [-0.15, -0.1) is 10.2 Å². The number of para-hydroxylation sites is 1. The number of amides is 1. The average molecular weight is 550 g/mol. The number of sulfonamides is 1. The van der Waals surface area contributed by atoms with Gasteiger partial charge in [-0.25, -0.2) is 8.42 Å². The molecule has 37 heavy (non-hydrogen) atoms. The zero-order valence-electron chi connectivity index (χ0n) is 18.9. The molecule has 5 rings (SSSR count). The molecule has 2 aromatic carbocycles. The first-order valence-electron chi connectivity index (χ1n) is 10.9. The lowest BCUT2D eigenvalue weighted by Gasteiger charge is -2.29. The van der Waals surface area contributed by atoms with Crippen LogP contribution in [0.5, 0.6) is 5.75 Å². The van der Waals surface area contributed by atoms with Gasteiger partial charge in [0.15, 0.2) is 6.61 Å². The van der Waals surface area contributed by atoms with E-state index in [0.29, 0.717) is 18.5 Å². The maximum absolute atomic E-state index is 13.3. The third-order valence-corrected chi connectivity index (χ3v) is 7.89. The molecule has 1 N–H and O–H groups in total. The molecule has 0 radical (unpaired) electrons. The molecule has 0 bridgehead atoms. The van der Waals surface area contributed by atoms with Crippen LogP contribution in [0.3, 0.4) is 0 Å². The number of halogens is 3. The van der Waals surface area contributed by atoms with Crippen molar-refractivity contribution in [2.24, 2.45) is 0 Å². The van der Waals surface area contributed by atoms with Crippen LogP contribution in [0.25, 0.3) is 10.9 Å². The molecule has 0 spiro atoms. The van der Waals surface area contributed by atoms with Crippen molar-refractivity contribution in [1.29, 1.82) is 0 Å². The number of nitrogens with zero attached hydrogens (tertiary/aromatic N) is 4. The molecule has 14 heteroatoms. The smallest absolute Gasteiger partial charge is 0.418 e. The first-order chi connectivity index (χ1) is 17.6. The fourth-order valence-corrected chi connectivity index (χ4v) is 5.78. The van der Waals surface area contributed by atoms with Gasteiger partial charge in [0.1, 0.15) is 11.3 Å². The summed E-state index contributed by atoms with van der Waals surface area (Å²) in [6, 6.07) is 9.77. The van der Waals surface area contributed by atoms with Crippen LogP contribution < -0.4 is 9.46 Å². The van der Waals surface area contributed by atoms with Crippen molar-refractivity contribution in [1.82, 2.24) is 20.1 Å². The van der Waals surface area contributed by atoms with Crippen LogP contribution in [0.2, 0.25) is 0 Å². The molecule has 2 aromatic heterocycles. The summed E-state index contributed by atoms with van der Waals surface area (Å²) in [5.41, 5.74) is 1.84. The Morgan fingerprint density at radius 1 is 1.16 bits per heavy atom. The summed E-state index contributed by atoms with van der Waals surface area (Å²) in [4.78, 5) is 18.3. The molecule has 1 aliphatic heterocycles. The Labute approximate surface area is 213 Å². The van der Waals surface area contributed by atoms with Crippen molar-refractivity contribution in [2.45, 2.75) is 24.0 Å². The third kappa shape index (κ3) is 5.20. The van der Waals surface area contributed by atoms with E-state index in [0.717, 1.165) is 23.0 Å². The van der Waals surface area contributed by atoms with Gasteiger partial charge in [-0.1, -0.05) is 23.5 Å². The molecule has 1 aliphatic rings. The summed E-state index contributed by atoms with van der Waals surface area (Å²) in [5, 5.41) is 7.57. The second-order valence-electron chi connectivity index (χ2n) is 8.14. The second kappa shape index (κ2) is 9.59. The third-order valence-electron chi connectivity index (χ3n) is 5.82. The molecule has 0 saturated heterocycles. The van der Waals surface area contributed by atoms with Crippen molar-refractivity contribution in [3.05, 3.63) is 70.9 Å². The lowest BCUT2D eigenvalue weighted by Crippen LogP contribution is -2.39. The topological polar surface area (TPSA) is 114 Å². The number of nitrogens with one attached hydrogen (secondary N) is 1. The SMILES string of the molecule is O=C(COc1ccnc2c(C(F)(F)F)cccc12)N1CCc2ccc(S(=O)(=O)Nc3nncs3)cc2C1. The van der Waals surface area contributed by atoms with Gasteiger partial charge in [0.05, 0.1) is 16.0 Å². The fraction of sp³-hybridized carbons (Fsp3) is 0.217. The van der Waals surface area contributed by atoms with E-state index in [1.54, 1.807) is 6.07 Å². The molecule has 0 saturated carbocycles. The summed E-state index contributed by atoms with van der Waals surface area (Å²) in [7, 11) is -3.89. The standard InChI is InChI=1S/C23H18F3N5O4S2/c24-23(25,26)18-3-1-2-17-19(6-8-27-21(17)18)35-12-20(32)31-9-7-14-4-5-16(10-15(14)11-31)37(33,34)30-22-29-28-13-36-22/h1-6,8,10,13H,7,9,11-12H2,(H,29,30). The minimum atomic E-state index is -4.58. The van der Waals surface area contributed by atoms with Crippen LogP contribution in [0.1, 0.15) is 16.7 Å². The lowest BCUT2D eigenvalue weighted by atomic mass is 10.00. The van der Waals surface area contributed by atoms with Gasteiger partial charge in [-0.2, -0.15) is 13.2 Å². The number of hydrogen-bond donors (Lipinski definition) is 1. The molecule has 0 fully saturated rings. The molecule has 1 amide bonds. The quantitative estimate of drug-likeness (QED) is 0.388. The van der Waals surface area contributed by atoms with E-state index >= 15 is 0 Å². The van der Waals surface area contributed by atoms with E-state index in [4.69, 9.17) is 4.74 Å².